The molecule has 0 heterocycles. The molecule has 0 fully saturated rings. The second-order valence-corrected chi connectivity index (χ2v) is 5.62. The summed E-state index contributed by atoms with van der Waals surface area (Å²) in [6.07, 6.45) is 4.69. The first-order valence-electron chi connectivity index (χ1n) is 8.41. The van der Waals surface area contributed by atoms with Crippen LogP contribution in [0.25, 0.3) is 0 Å². The molecule has 4 nitrogen and oxygen atoms in total. The fourth-order valence-corrected chi connectivity index (χ4v) is 2.33. The van der Waals surface area contributed by atoms with Gasteiger partial charge in [-0.25, -0.2) is 0 Å². The van der Waals surface area contributed by atoms with Crippen molar-refractivity contribution in [1.29, 1.82) is 0 Å². The summed E-state index contributed by atoms with van der Waals surface area (Å²) in [6.45, 7) is 2.89. The highest BCUT2D eigenvalue weighted by molar-refractivity contribution is 6.04. The van der Waals surface area contributed by atoms with E-state index in [-0.39, 0.29) is 5.91 Å². The van der Waals surface area contributed by atoms with Gasteiger partial charge in [0.1, 0.15) is 11.5 Å². The Morgan fingerprint density at radius 1 is 1.00 bits per heavy atom. The fraction of sp³-hybridized carbons (Fsp3) is 0.350. The Kier molecular flexibility index (Phi) is 7.15. The van der Waals surface area contributed by atoms with E-state index >= 15 is 0 Å². The van der Waals surface area contributed by atoms with Gasteiger partial charge in [-0.1, -0.05) is 32.3 Å². The predicted octanol–water partition coefficient (Wildman–Crippen LogP) is 4.91. The molecule has 2 aromatic carbocycles. The molecule has 0 atom stereocenters. The van der Waals surface area contributed by atoms with Gasteiger partial charge in [-0.05, 0) is 42.8 Å². The van der Waals surface area contributed by atoms with Crippen LogP contribution in [0, 0.1) is 0 Å². The molecule has 4 heteroatoms. The maximum absolute atomic E-state index is 12.3. The third-order valence-corrected chi connectivity index (χ3v) is 3.71. The number of nitrogens with one attached hydrogen (secondary N) is 1. The summed E-state index contributed by atoms with van der Waals surface area (Å²) in [5.41, 5.74) is 1.31. The smallest absolute Gasteiger partial charge is 0.255 e. The van der Waals surface area contributed by atoms with Crippen molar-refractivity contribution < 1.29 is 14.3 Å². The van der Waals surface area contributed by atoms with Crippen LogP contribution in [-0.4, -0.2) is 19.6 Å². The van der Waals surface area contributed by atoms with Crippen LogP contribution in [-0.2, 0) is 0 Å². The number of unbranched alkanes of at least 4 members (excludes halogenated alkanes) is 3. The number of carbonyl (C=O) groups is 1. The number of hydrogen-bond donors (Lipinski definition) is 1. The van der Waals surface area contributed by atoms with Gasteiger partial charge in [-0.3, -0.25) is 4.79 Å². The first-order chi connectivity index (χ1) is 11.7. The Balaban J connectivity index is 1.89. The van der Waals surface area contributed by atoms with Crippen LogP contribution in [0.4, 0.5) is 5.69 Å². The maximum atomic E-state index is 12.3. The average molecular weight is 327 g/mol. The van der Waals surface area contributed by atoms with E-state index in [9.17, 15) is 4.79 Å². The van der Waals surface area contributed by atoms with Crippen molar-refractivity contribution in [3.8, 4) is 11.5 Å². The normalized spacial score (nSPS) is 10.2. The molecule has 2 rings (SSSR count). The minimum absolute atomic E-state index is 0.155. The molecule has 24 heavy (non-hydrogen) atoms. The lowest BCUT2D eigenvalue weighted by Crippen LogP contribution is -2.11. The summed E-state index contributed by atoms with van der Waals surface area (Å²) < 4.78 is 10.8. The molecule has 2 aromatic rings. The van der Waals surface area contributed by atoms with Gasteiger partial charge < -0.3 is 14.8 Å². The van der Waals surface area contributed by atoms with Gasteiger partial charge in [-0.15, -0.1) is 0 Å². The third kappa shape index (κ3) is 5.61. The van der Waals surface area contributed by atoms with Crippen LogP contribution in [0.1, 0.15) is 43.0 Å². The molecule has 0 saturated carbocycles. The number of ether oxygens (including phenoxy) is 2. The van der Waals surface area contributed by atoms with E-state index in [2.05, 4.69) is 12.2 Å². The van der Waals surface area contributed by atoms with Crippen molar-refractivity contribution in [3.63, 3.8) is 0 Å². The SMILES string of the molecule is CCCCCCOc1cccc(NC(=O)c2ccc(OC)cc2)c1. The number of amides is 1. The zero-order valence-corrected chi connectivity index (χ0v) is 14.4. The molecule has 0 radical (unpaired) electrons. The van der Waals surface area contributed by atoms with Crippen molar-refractivity contribution in [2.24, 2.45) is 0 Å². The molecule has 0 saturated heterocycles. The molecule has 1 amide bonds. The first kappa shape index (κ1) is 17.9. The van der Waals surface area contributed by atoms with Crippen LogP contribution in [0.3, 0.4) is 0 Å². The molecular weight excluding hydrogens is 302 g/mol. The molecule has 0 aliphatic rings. The Morgan fingerprint density at radius 3 is 2.50 bits per heavy atom. The molecule has 0 aromatic heterocycles. The second-order valence-electron chi connectivity index (χ2n) is 5.62. The molecule has 0 bridgehead atoms. The standard InChI is InChI=1S/C20H25NO3/c1-3-4-5-6-14-24-19-9-7-8-17(15-19)21-20(22)16-10-12-18(23-2)13-11-16/h7-13,15H,3-6,14H2,1-2H3,(H,21,22). The number of carbonyl (C=O) groups excluding carboxylic acids is 1. The van der Waals surface area contributed by atoms with Crippen molar-refractivity contribution in [2.45, 2.75) is 32.6 Å². The summed E-state index contributed by atoms with van der Waals surface area (Å²) in [5.74, 6) is 1.35. The lowest BCUT2D eigenvalue weighted by Gasteiger charge is -2.09. The zero-order valence-electron chi connectivity index (χ0n) is 14.4. The predicted molar refractivity (Wildman–Crippen MR) is 97.0 cm³/mol. The molecule has 1 N–H and O–H groups in total. The zero-order chi connectivity index (χ0) is 17.2. The van der Waals surface area contributed by atoms with E-state index in [0.29, 0.717) is 12.2 Å². The molecule has 0 spiro atoms. The Morgan fingerprint density at radius 2 is 1.79 bits per heavy atom. The Labute approximate surface area is 143 Å². The molecular formula is C20H25NO3. The van der Waals surface area contributed by atoms with Crippen LogP contribution < -0.4 is 14.8 Å². The van der Waals surface area contributed by atoms with Gasteiger partial charge in [0.05, 0.1) is 13.7 Å². The van der Waals surface area contributed by atoms with Crippen molar-refractivity contribution in [1.82, 2.24) is 0 Å². The highest BCUT2D eigenvalue weighted by atomic mass is 16.5. The maximum Gasteiger partial charge on any atom is 0.255 e. The molecule has 128 valence electrons. The summed E-state index contributed by atoms with van der Waals surface area (Å²) in [6, 6.07) is 14.5. The number of methoxy groups -OCH3 is 1. The number of hydrogen-bond acceptors (Lipinski definition) is 3. The Hall–Kier alpha value is -2.49. The fourth-order valence-electron chi connectivity index (χ4n) is 2.33. The quantitative estimate of drug-likeness (QED) is 0.666. The number of benzene rings is 2. The largest absolute Gasteiger partial charge is 0.497 e. The Bertz CT molecular complexity index is 638. The van der Waals surface area contributed by atoms with E-state index < -0.39 is 0 Å². The lowest BCUT2D eigenvalue weighted by molar-refractivity contribution is 0.102. The van der Waals surface area contributed by atoms with E-state index in [1.54, 1.807) is 31.4 Å². The summed E-state index contributed by atoms with van der Waals surface area (Å²) in [7, 11) is 1.60. The topological polar surface area (TPSA) is 47.6 Å². The van der Waals surface area contributed by atoms with Gasteiger partial charge in [0.2, 0.25) is 0 Å². The number of anilines is 1. The van der Waals surface area contributed by atoms with E-state index in [0.717, 1.165) is 23.6 Å². The van der Waals surface area contributed by atoms with Crippen LogP contribution in [0.5, 0.6) is 11.5 Å². The van der Waals surface area contributed by atoms with Gasteiger partial charge >= 0.3 is 0 Å². The van der Waals surface area contributed by atoms with Crippen LogP contribution >= 0.6 is 0 Å². The molecule has 0 aliphatic heterocycles. The summed E-state index contributed by atoms with van der Waals surface area (Å²) in [5, 5.41) is 2.89. The first-order valence-corrected chi connectivity index (χ1v) is 8.41. The minimum Gasteiger partial charge on any atom is -0.497 e. The van der Waals surface area contributed by atoms with Crippen LogP contribution in [0.15, 0.2) is 48.5 Å². The van der Waals surface area contributed by atoms with Gasteiger partial charge in [-0.2, -0.15) is 0 Å². The number of rotatable bonds is 9. The van der Waals surface area contributed by atoms with E-state index in [1.165, 1.54) is 19.3 Å². The lowest BCUT2D eigenvalue weighted by atomic mass is 10.2. The highest BCUT2D eigenvalue weighted by Crippen LogP contribution is 2.19. The minimum atomic E-state index is -0.155. The van der Waals surface area contributed by atoms with Gasteiger partial charge in [0, 0.05) is 17.3 Å². The summed E-state index contributed by atoms with van der Waals surface area (Å²) >= 11 is 0. The third-order valence-electron chi connectivity index (χ3n) is 3.71. The van der Waals surface area contributed by atoms with E-state index in [1.807, 2.05) is 24.3 Å². The van der Waals surface area contributed by atoms with Crippen molar-refractivity contribution in [3.05, 3.63) is 54.1 Å². The second kappa shape index (κ2) is 9.60. The van der Waals surface area contributed by atoms with Crippen LogP contribution in [0.2, 0.25) is 0 Å². The van der Waals surface area contributed by atoms with Crippen molar-refractivity contribution >= 4 is 11.6 Å². The van der Waals surface area contributed by atoms with Gasteiger partial charge in [0.25, 0.3) is 5.91 Å². The van der Waals surface area contributed by atoms with Crippen molar-refractivity contribution in [2.75, 3.05) is 19.0 Å². The van der Waals surface area contributed by atoms with Gasteiger partial charge in [0.15, 0.2) is 0 Å². The molecule has 0 aliphatic carbocycles. The molecule has 0 unspecified atom stereocenters. The van der Waals surface area contributed by atoms with E-state index in [4.69, 9.17) is 9.47 Å². The average Bonchev–Trinajstić information content (AvgIpc) is 2.62. The monoisotopic (exact) mass is 327 g/mol. The highest BCUT2D eigenvalue weighted by Gasteiger charge is 2.07. The summed E-state index contributed by atoms with van der Waals surface area (Å²) in [4.78, 5) is 12.3.